The van der Waals surface area contributed by atoms with Crippen LogP contribution < -0.4 is 10.0 Å². The van der Waals surface area contributed by atoms with Crippen molar-refractivity contribution in [3.63, 3.8) is 0 Å². The molecule has 6 nitrogen and oxygen atoms in total. The molecule has 2 rings (SSSR count). The molecular weight excluding hydrogens is 355 g/mol. The number of thiazole rings is 1. The number of nitrogens with zero attached hydrogens (tertiary/aromatic N) is 1. The summed E-state index contributed by atoms with van der Waals surface area (Å²) in [5, 5.41) is 4.40. The summed E-state index contributed by atoms with van der Waals surface area (Å²) in [6, 6.07) is 4.69. The number of amides is 1. The number of sulfonamides is 1. The van der Waals surface area contributed by atoms with Crippen LogP contribution in [-0.4, -0.2) is 32.0 Å². The number of halogens is 3. The summed E-state index contributed by atoms with van der Waals surface area (Å²) >= 11 is 1.17. The van der Waals surface area contributed by atoms with Crippen molar-refractivity contribution in [2.75, 3.05) is 11.9 Å². The highest BCUT2D eigenvalue weighted by Gasteiger charge is 2.30. The molecule has 0 saturated carbocycles. The lowest BCUT2D eigenvalue weighted by Crippen LogP contribution is -2.33. The van der Waals surface area contributed by atoms with Crippen LogP contribution in [0.3, 0.4) is 0 Å². The summed E-state index contributed by atoms with van der Waals surface area (Å²) in [6.45, 7) is -1.69. The number of rotatable bonds is 5. The maximum atomic E-state index is 12.1. The number of alkyl halides is 3. The lowest BCUT2D eigenvalue weighted by molar-refractivity contribution is -0.121. The second-order valence-electron chi connectivity index (χ2n) is 4.26. The molecule has 1 aromatic carbocycles. The maximum absolute atomic E-state index is 12.1. The SMILES string of the molecule is O=C(Nc1nccs1)c1cccc(S(=O)(=O)NCC(F)(F)F)c1. The van der Waals surface area contributed by atoms with Gasteiger partial charge in [-0.25, -0.2) is 18.1 Å². The summed E-state index contributed by atoms with van der Waals surface area (Å²) < 4.78 is 61.4. The van der Waals surface area contributed by atoms with E-state index in [1.165, 1.54) is 34.4 Å². The predicted octanol–water partition coefficient (Wildman–Crippen LogP) is 2.24. The Morgan fingerprint density at radius 2 is 2.04 bits per heavy atom. The molecule has 23 heavy (non-hydrogen) atoms. The highest BCUT2D eigenvalue weighted by atomic mass is 32.2. The summed E-state index contributed by atoms with van der Waals surface area (Å²) in [7, 11) is -4.37. The van der Waals surface area contributed by atoms with E-state index < -0.39 is 33.5 Å². The molecule has 0 aliphatic rings. The molecule has 1 amide bonds. The normalized spacial score (nSPS) is 12.1. The lowest BCUT2D eigenvalue weighted by Gasteiger charge is -2.10. The fraction of sp³-hybridized carbons (Fsp3) is 0.167. The summed E-state index contributed by atoms with van der Waals surface area (Å²) in [6.07, 6.45) is -3.20. The summed E-state index contributed by atoms with van der Waals surface area (Å²) in [4.78, 5) is 15.4. The van der Waals surface area contributed by atoms with Crippen molar-refractivity contribution in [3.8, 4) is 0 Å². The third-order valence-electron chi connectivity index (χ3n) is 2.52. The number of carbonyl (C=O) groups is 1. The molecule has 1 aromatic heterocycles. The van der Waals surface area contributed by atoms with E-state index in [0.29, 0.717) is 5.13 Å². The van der Waals surface area contributed by atoms with Crippen LogP contribution in [0.1, 0.15) is 10.4 Å². The van der Waals surface area contributed by atoms with Crippen molar-refractivity contribution < 1.29 is 26.4 Å². The average Bonchev–Trinajstić information content (AvgIpc) is 2.98. The molecule has 0 saturated heterocycles. The van der Waals surface area contributed by atoms with Gasteiger partial charge in [-0.15, -0.1) is 11.3 Å². The van der Waals surface area contributed by atoms with E-state index in [4.69, 9.17) is 0 Å². The van der Waals surface area contributed by atoms with E-state index >= 15 is 0 Å². The molecule has 2 aromatic rings. The largest absolute Gasteiger partial charge is 0.402 e. The number of anilines is 1. The Kier molecular flexibility index (Phi) is 5.02. The number of benzene rings is 1. The van der Waals surface area contributed by atoms with Crippen molar-refractivity contribution in [1.29, 1.82) is 0 Å². The van der Waals surface area contributed by atoms with Crippen molar-refractivity contribution in [2.24, 2.45) is 0 Å². The van der Waals surface area contributed by atoms with E-state index in [1.807, 2.05) is 0 Å². The average molecular weight is 365 g/mol. The first-order valence-corrected chi connectivity index (χ1v) is 8.41. The van der Waals surface area contributed by atoms with Gasteiger partial charge in [0.1, 0.15) is 6.54 Å². The molecule has 2 N–H and O–H groups in total. The van der Waals surface area contributed by atoms with Crippen LogP contribution in [0, 0.1) is 0 Å². The Hall–Kier alpha value is -1.98. The molecule has 124 valence electrons. The molecule has 11 heteroatoms. The van der Waals surface area contributed by atoms with Gasteiger partial charge in [-0.1, -0.05) is 6.07 Å². The fourth-order valence-corrected chi connectivity index (χ4v) is 3.10. The molecule has 0 unspecified atom stereocenters. The monoisotopic (exact) mass is 365 g/mol. The Balaban J connectivity index is 2.17. The van der Waals surface area contributed by atoms with Gasteiger partial charge in [0, 0.05) is 17.1 Å². The van der Waals surface area contributed by atoms with Crippen LogP contribution in [0.15, 0.2) is 40.7 Å². The van der Waals surface area contributed by atoms with Crippen molar-refractivity contribution in [3.05, 3.63) is 41.4 Å². The first-order chi connectivity index (χ1) is 10.7. The zero-order valence-corrected chi connectivity index (χ0v) is 12.9. The molecule has 1 heterocycles. The van der Waals surface area contributed by atoms with Crippen LogP contribution >= 0.6 is 11.3 Å². The number of aromatic nitrogens is 1. The predicted molar refractivity (Wildman–Crippen MR) is 77.8 cm³/mol. The minimum atomic E-state index is -4.67. The molecular formula is C12H10F3N3O3S2. The standard InChI is InChI=1S/C12H10F3N3O3S2/c13-12(14,15)7-17-23(20,21)9-3-1-2-8(6-9)10(19)18-11-16-4-5-22-11/h1-6,17H,7H2,(H,16,18,19). The van der Waals surface area contributed by atoms with Gasteiger partial charge in [0.15, 0.2) is 5.13 Å². The van der Waals surface area contributed by atoms with Gasteiger partial charge in [-0.2, -0.15) is 13.2 Å². The quantitative estimate of drug-likeness (QED) is 0.851. The number of hydrogen-bond acceptors (Lipinski definition) is 5. The molecule has 0 spiro atoms. The zero-order chi connectivity index (χ0) is 17.1. The minimum absolute atomic E-state index is 0.0184. The number of hydrogen-bond donors (Lipinski definition) is 2. The Morgan fingerprint density at radius 3 is 2.65 bits per heavy atom. The van der Waals surface area contributed by atoms with Crippen LogP contribution in [0.5, 0.6) is 0 Å². The zero-order valence-electron chi connectivity index (χ0n) is 11.3. The Morgan fingerprint density at radius 1 is 1.30 bits per heavy atom. The lowest BCUT2D eigenvalue weighted by atomic mass is 10.2. The second-order valence-corrected chi connectivity index (χ2v) is 6.92. The summed E-state index contributed by atoms with van der Waals surface area (Å²) in [5.41, 5.74) is -0.0184. The molecule has 0 atom stereocenters. The molecule has 0 aliphatic heterocycles. The van der Waals surface area contributed by atoms with Crippen molar-refractivity contribution in [2.45, 2.75) is 11.1 Å². The first-order valence-electron chi connectivity index (χ1n) is 6.05. The molecule has 0 bridgehead atoms. The number of carbonyl (C=O) groups excluding carboxylic acids is 1. The maximum Gasteiger partial charge on any atom is 0.402 e. The summed E-state index contributed by atoms with van der Waals surface area (Å²) in [5.74, 6) is -0.618. The van der Waals surface area contributed by atoms with Crippen LogP contribution in [0.2, 0.25) is 0 Å². The van der Waals surface area contributed by atoms with Gasteiger partial charge in [0.05, 0.1) is 4.90 Å². The van der Waals surface area contributed by atoms with Gasteiger partial charge >= 0.3 is 6.18 Å². The van der Waals surface area contributed by atoms with Crippen LogP contribution in [0.25, 0.3) is 0 Å². The molecule has 0 fully saturated rings. The first kappa shape index (κ1) is 17.4. The second kappa shape index (κ2) is 6.64. The fourth-order valence-electron chi connectivity index (χ4n) is 1.52. The third kappa shape index (κ3) is 5.01. The van der Waals surface area contributed by atoms with Crippen molar-refractivity contribution in [1.82, 2.24) is 9.71 Å². The van der Waals surface area contributed by atoms with E-state index in [9.17, 15) is 26.4 Å². The third-order valence-corrected chi connectivity index (χ3v) is 4.61. The highest BCUT2D eigenvalue weighted by Crippen LogP contribution is 2.17. The minimum Gasteiger partial charge on any atom is -0.298 e. The Labute approximate surface area is 133 Å². The van der Waals surface area contributed by atoms with Crippen LogP contribution in [0.4, 0.5) is 18.3 Å². The van der Waals surface area contributed by atoms with Gasteiger partial charge in [-0.05, 0) is 18.2 Å². The van der Waals surface area contributed by atoms with Crippen LogP contribution in [-0.2, 0) is 10.0 Å². The molecule has 0 radical (unpaired) electrons. The van der Waals surface area contributed by atoms with E-state index in [2.05, 4.69) is 10.3 Å². The van der Waals surface area contributed by atoms with E-state index in [0.717, 1.165) is 12.1 Å². The number of nitrogens with one attached hydrogen (secondary N) is 2. The van der Waals surface area contributed by atoms with E-state index in [-0.39, 0.29) is 5.56 Å². The van der Waals surface area contributed by atoms with E-state index in [1.54, 1.807) is 5.38 Å². The van der Waals surface area contributed by atoms with Gasteiger partial charge < -0.3 is 0 Å². The van der Waals surface area contributed by atoms with Gasteiger partial charge in [-0.3, -0.25) is 10.1 Å². The highest BCUT2D eigenvalue weighted by molar-refractivity contribution is 7.89. The smallest absolute Gasteiger partial charge is 0.298 e. The molecule has 0 aliphatic carbocycles. The Bertz CT molecular complexity index is 789. The topological polar surface area (TPSA) is 88.2 Å². The van der Waals surface area contributed by atoms with Crippen molar-refractivity contribution >= 4 is 32.4 Å². The van der Waals surface area contributed by atoms with Gasteiger partial charge in [0.25, 0.3) is 5.91 Å². The van der Waals surface area contributed by atoms with Gasteiger partial charge in [0.2, 0.25) is 10.0 Å².